The van der Waals surface area contributed by atoms with Crippen LogP contribution in [0.3, 0.4) is 0 Å². The standard InChI is InChI=1S/C18H19NO6/c1-3-24-17(20)15-11-8-9-12(16(15)18(21)25-4-2)14-10(11)6-5-7-13(14)19(22)23/h5-9,11-12,15-16H,3-4H2,1-2H3/t11-,12+,15+,16-/m0/s1. The number of ether oxygens (including phenoxy) is 2. The summed E-state index contributed by atoms with van der Waals surface area (Å²) in [6.07, 6.45) is 3.62. The molecule has 3 aliphatic rings. The van der Waals surface area contributed by atoms with Crippen LogP contribution in [0.4, 0.5) is 5.69 Å². The molecule has 25 heavy (non-hydrogen) atoms. The normalized spacial score (nSPS) is 26.0. The van der Waals surface area contributed by atoms with Crippen molar-refractivity contribution < 1.29 is 24.0 Å². The summed E-state index contributed by atoms with van der Waals surface area (Å²) < 4.78 is 10.3. The Balaban J connectivity index is 2.15. The molecule has 0 N–H and O–H groups in total. The molecular formula is C18H19NO6. The first-order chi connectivity index (χ1) is 12.0. The maximum Gasteiger partial charge on any atom is 0.310 e. The van der Waals surface area contributed by atoms with Crippen LogP contribution in [0, 0.1) is 22.0 Å². The molecule has 4 atom stereocenters. The lowest BCUT2D eigenvalue weighted by Gasteiger charge is -2.43. The van der Waals surface area contributed by atoms with Gasteiger partial charge in [0.25, 0.3) is 5.69 Å². The SMILES string of the molecule is CCOC(=O)[C@@H]1[C@H](C(=O)OCC)[C@H]2C=C[C@@H]1c1c2cccc1[N+](=O)[O-]. The molecule has 0 saturated carbocycles. The fraction of sp³-hybridized carbons (Fsp3) is 0.444. The van der Waals surface area contributed by atoms with Gasteiger partial charge in [-0.15, -0.1) is 0 Å². The quantitative estimate of drug-likeness (QED) is 0.352. The number of rotatable bonds is 5. The molecule has 1 aromatic carbocycles. The summed E-state index contributed by atoms with van der Waals surface area (Å²) in [6.45, 7) is 3.76. The number of nitrogens with zero attached hydrogens (tertiary/aromatic N) is 1. The smallest absolute Gasteiger partial charge is 0.310 e. The molecule has 0 heterocycles. The highest BCUT2D eigenvalue weighted by Gasteiger charge is 2.54. The number of hydrogen-bond acceptors (Lipinski definition) is 6. The lowest BCUT2D eigenvalue weighted by Crippen LogP contribution is -2.45. The third kappa shape index (κ3) is 2.69. The number of carbonyl (C=O) groups excluding carboxylic acids is 2. The van der Waals surface area contributed by atoms with Gasteiger partial charge in [-0.3, -0.25) is 19.7 Å². The molecule has 0 radical (unpaired) electrons. The van der Waals surface area contributed by atoms with Crippen LogP contribution in [0.1, 0.15) is 36.8 Å². The average molecular weight is 345 g/mol. The molecule has 7 heteroatoms. The van der Waals surface area contributed by atoms with Gasteiger partial charge in [-0.25, -0.2) is 0 Å². The summed E-state index contributed by atoms with van der Waals surface area (Å²) in [6, 6.07) is 4.80. The highest BCUT2D eigenvalue weighted by Crippen LogP contribution is 2.55. The van der Waals surface area contributed by atoms with Crippen molar-refractivity contribution >= 4 is 17.6 Å². The van der Waals surface area contributed by atoms with Crippen molar-refractivity contribution in [2.75, 3.05) is 13.2 Å². The van der Waals surface area contributed by atoms with Gasteiger partial charge < -0.3 is 9.47 Å². The van der Waals surface area contributed by atoms with E-state index in [1.54, 1.807) is 32.1 Å². The Kier molecular flexibility index (Phi) is 4.57. The molecule has 0 fully saturated rings. The molecule has 2 bridgehead atoms. The maximum atomic E-state index is 12.6. The number of esters is 2. The topological polar surface area (TPSA) is 95.7 Å². The molecule has 0 saturated heterocycles. The van der Waals surface area contributed by atoms with Crippen molar-refractivity contribution in [3.05, 3.63) is 51.6 Å². The minimum Gasteiger partial charge on any atom is -0.466 e. The monoisotopic (exact) mass is 345 g/mol. The molecule has 7 nitrogen and oxygen atoms in total. The Morgan fingerprint density at radius 1 is 1.04 bits per heavy atom. The van der Waals surface area contributed by atoms with Crippen LogP contribution in [0.5, 0.6) is 0 Å². The first-order valence-corrected chi connectivity index (χ1v) is 8.30. The Morgan fingerprint density at radius 3 is 2.16 bits per heavy atom. The first kappa shape index (κ1) is 17.1. The number of carbonyl (C=O) groups is 2. The minimum absolute atomic E-state index is 0.0338. The lowest BCUT2D eigenvalue weighted by molar-refractivity contribution is -0.385. The molecule has 0 spiro atoms. The molecule has 132 valence electrons. The summed E-state index contributed by atoms with van der Waals surface area (Å²) in [5.74, 6) is -3.56. The van der Waals surface area contributed by atoms with E-state index in [0.29, 0.717) is 11.1 Å². The largest absolute Gasteiger partial charge is 0.466 e. The number of nitro groups is 1. The van der Waals surface area contributed by atoms with Gasteiger partial charge >= 0.3 is 11.9 Å². The fourth-order valence-corrected chi connectivity index (χ4v) is 3.95. The maximum absolute atomic E-state index is 12.6. The molecular weight excluding hydrogens is 326 g/mol. The Hall–Kier alpha value is -2.70. The van der Waals surface area contributed by atoms with Crippen LogP contribution in [-0.4, -0.2) is 30.1 Å². The zero-order valence-electron chi connectivity index (χ0n) is 14.0. The Labute approximate surface area is 144 Å². The van der Waals surface area contributed by atoms with E-state index in [2.05, 4.69) is 0 Å². The van der Waals surface area contributed by atoms with E-state index in [9.17, 15) is 19.7 Å². The van der Waals surface area contributed by atoms with Crippen molar-refractivity contribution in [1.82, 2.24) is 0 Å². The molecule has 4 rings (SSSR count). The van der Waals surface area contributed by atoms with Gasteiger partial charge in [0.15, 0.2) is 0 Å². The van der Waals surface area contributed by atoms with E-state index in [4.69, 9.17) is 9.47 Å². The van der Waals surface area contributed by atoms with Gasteiger partial charge in [0.1, 0.15) is 0 Å². The lowest BCUT2D eigenvalue weighted by atomic mass is 9.59. The molecule has 1 aromatic rings. The summed E-state index contributed by atoms with van der Waals surface area (Å²) in [4.78, 5) is 36.1. The van der Waals surface area contributed by atoms with Gasteiger partial charge in [0.05, 0.1) is 30.0 Å². The fourth-order valence-electron chi connectivity index (χ4n) is 3.95. The van der Waals surface area contributed by atoms with Crippen LogP contribution >= 0.6 is 0 Å². The number of fused-ring (bicyclic) bond motifs is 1. The van der Waals surface area contributed by atoms with Crippen LogP contribution in [0.15, 0.2) is 30.4 Å². The zero-order valence-corrected chi connectivity index (χ0v) is 14.0. The van der Waals surface area contributed by atoms with Crippen LogP contribution < -0.4 is 0 Å². The first-order valence-electron chi connectivity index (χ1n) is 8.30. The van der Waals surface area contributed by atoms with E-state index in [-0.39, 0.29) is 18.9 Å². The van der Waals surface area contributed by atoms with Crippen LogP contribution in [-0.2, 0) is 19.1 Å². The molecule has 0 aromatic heterocycles. The van der Waals surface area contributed by atoms with Gasteiger partial charge in [-0.2, -0.15) is 0 Å². The van der Waals surface area contributed by atoms with Crippen LogP contribution in [0.25, 0.3) is 0 Å². The summed E-state index contributed by atoms with van der Waals surface area (Å²) in [5, 5.41) is 11.4. The van der Waals surface area contributed by atoms with Crippen molar-refractivity contribution in [1.29, 1.82) is 0 Å². The van der Waals surface area contributed by atoms with Gasteiger partial charge in [0, 0.05) is 23.5 Å². The summed E-state index contributed by atoms with van der Waals surface area (Å²) >= 11 is 0. The zero-order chi connectivity index (χ0) is 18.1. The molecule has 0 amide bonds. The number of benzene rings is 1. The number of nitro benzene ring substituents is 1. The predicted molar refractivity (Wildman–Crippen MR) is 88.0 cm³/mol. The third-order valence-electron chi connectivity index (χ3n) is 4.81. The number of hydrogen-bond donors (Lipinski definition) is 0. The Morgan fingerprint density at radius 2 is 1.60 bits per heavy atom. The predicted octanol–water partition coefficient (Wildman–Crippen LogP) is 2.70. The molecule has 0 aliphatic heterocycles. The average Bonchev–Trinajstić information content (AvgIpc) is 2.61. The summed E-state index contributed by atoms with van der Waals surface area (Å²) in [5.41, 5.74) is 1.17. The summed E-state index contributed by atoms with van der Waals surface area (Å²) in [7, 11) is 0. The Bertz CT molecular complexity index is 756. The van der Waals surface area contributed by atoms with Gasteiger partial charge in [-0.05, 0) is 19.4 Å². The van der Waals surface area contributed by atoms with E-state index in [1.165, 1.54) is 6.07 Å². The second-order valence-electron chi connectivity index (χ2n) is 6.03. The third-order valence-corrected chi connectivity index (χ3v) is 4.81. The van der Waals surface area contributed by atoms with Crippen molar-refractivity contribution in [3.63, 3.8) is 0 Å². The number of allylic oxidation sites excluding steroid dienone is 2. The highest BCUT2D eigenvalue weighted by atomic mass is 16.6. The highest BCUT2D eigenvalue weighted by molar-refractivity contribution is 5.87. The van der Waals surface area contributed by atoms with Crippen LogP contribution in [0.2, 0.25) is 0 Å². The van der Waals surface area contributed by atoms with Crippen molar-refractivity contribution in [2.24, 2.45) is 11.8 Å². The minimum atomic E-state index is -0.817. The van der Waals surface area contributed by atoms with Crippen molar-refractivity contribution in [2.45, 2.75) is 25.7 Å². The van der Waals surface area contributed by atoms with Crippen molar-refractivity contribution in [3.8, 4) is 0 Å². The molecule has 3 aliphatic carbocycles. The second-order valence-corrected chi connectivity index (χ2v) is 6.03. The van der Waals surface area contributed by atoms with Gasteiger partial charge in [-0.1, -0.05) is 24.3 Å². The molecule has 0 unspecified atom stereocenters. The van der Waals surface area contributed by atoms with Gasteiger partial charge in [0.2, 0.25) is 0 Å². The van der Waals surface area contributed by atoms with E-state index in [0.717, 1.165) is 0 Å². The van der Waals surface area contributed by atoms with E-state index in [1.807, 2.05) is 6.08 Å². The van der Waals surface area contributed by atoms with E-state index >= 15 is 0 Å². The second kappa shape index (κ2) is 6.66. The van der Waals surface area contributed by atoms with E-state index < -0.39 is 40.5 Å².